The number of carbonyl (C=O) groups excluding carboxylic acids is 1. The van der Waals surface area contributed by atoms with Crippen LogP contribution in [0.2, 0.25) is 0 Å². The van der Waals surface area contributed by atoms with Crippen LogP contribution in [-0.4, -0.2) is 34.5 Å². The van der Waals surface area contributed by atoms with E-state index in [0.29, 0.717) is 18.8 Å². The number of rotatable bonds is 2. The van der Waals surface area contributed by atoms with Gasteiger partial charge in [-0.15, -0.1) is 0 Å². The summed E-state index contributed by atoms with van der Waals surface area (Å²) in [6.45, 7) is 0.649. The fourth-order valence-corrected chi connectivity index (χ4v) is 1.75. The Hall–Kier alpha value is -0.940. The zero-order chi connectivity index (χ0) is 10.2. The van der Waals surface area contributed by atoms with Crippen molar-refractivity contribution < 1.29 is 9.90 Å². The molecule has 5 heteroatoms. The third kappa shape index (κ3) is 1.53. The maximum absolute atomic E-state index is 10.3. The lowest BCUT2D eigenvalue weighted by atomic mass is 9.91. The standard InChI is InChI=1S/C9H9BrN2O2/c10-7-1-2-8(11-3-7)9(14)4-12(5-9)6-13/h1-3,6,14H,4-5H2. The minimum atomic E-state index is -0.957. The highest BCUT2D eigenvalue weighted by Gasteiger charge is 2.43. The average Bonchev–Trinajstić information content (AvgIpc) is 2.14. The maximum Gasteiger partial charge on any atom is 0.209 e. The van der Waals surface area contributed by atoms with E-state index in [9.17, 15) is 9.90 Å². The van der Waals surface area contributed by atoms with E-state index in [-0.39, 0.29) is 0 Å². The summed E-state index contributed by atoms with van der Waals surface area (Å²) in [5.41, 5.74) is -0.347. The SMILES string of the molecule is O=CN1CC(O)(c2ccc(Br)cn2)C1. The Morgan fingerprint density at radius 3 is 2.79 bits per heavy atom. The van der Waals surface area contributed by atoms with Gasteiger partial charge in [-0.2, -0.15) is 0 Å². The molecule has 74 valence electrons. The number of nitrogens with zero attached hydrogens (tertiary/aromatic N) is 2. The van der Waals surface area contributed by atoms with Gasteiger partial charge in [-0.25, -0.2) is 0 Å². The second-order valence-corrected chi connectivity index (χ2v) is 4.32. The highest BCUT2D eigenvalue weighted by molar-refractivity contribution is 9.10. The van der Waals surface area contributed by atoms with Crippen molar-refractivity contribution >= 4 is 22.3 Å². The molecule has 2 heterocycles. The molecule has 14 heavy (non-hydrogen) atoms. The Bertz CT molecular complexity index is 346. The van der Waals surface area contributed by atoms with Crippen molar-refractivity contribution in [2.24, 2.45) is 0 Å². The van der Waals surface area contributed by atoms with Crippen LogP contribution in [0.4, 0.5) is 0 Å². The first kappa shape index (κ1) is 9.61. The lowest BCUT2D eigenvalue weighted by Gasteiger charge is -2.43. The molecular formula is C9H9BrN2O2. The molecule has 1 saturated heterocycles. The average molecular weight is 257 g/mol. The van der Waals surface area contributed by atoms with Gasteiger partial charge in [0.2, 0.25) is 6.41 Å². The van der Waals surface area contributed by atoms with E-state index < -0.39 is 5.60 Å². The number of aromatic nitrogens is 1. The minimum absolute atomic E-state index is 0.325. The van der Waals surface area contributed by atoms with Crippen molar-refractivity contribution in [3.8, 4) is 0 Å². The van der Waals surface area contributed by atoms with Crippen LogP contribution in [0, 0.1) is 0 Å². The van der Waals surface area contributed by atoms with E-state index in [4.69, 9.17) is 0 Å². The van der Waals surface area contributed by atoms with Gasteiger partial charge in [0, 0.05) is 10.7 Å². The Labute approximate surface area is 89.7 Å². The molecule has 0 aliphatic carbocycles. The number of aliphatic hydroxyl groups is 1. The molecule has 0 bridgehead atoms. The van der Waals surface area contributed by atoms with Gasteiger partial charge in [0.25, 0.3) is 0 Å². The molecule has 1 N–H and O–H groups in total. The number of hydrogen-bond acceptors (Lipinski definition) is 3. The first-order chi connectivity index (χ1) is 6.64. The summed E-state index contributed by atoms with van der Waals surface area (Å²) < 4.78 is 0.872. The molecule has 0 radical (unpaired) electrons. The van der Waals surface area contributed by atoms with Crippen molar-refractivity contribution in [2.75, 3.05) is 13.1 Å². The molecule has 2 rings (SSSR count). The summed E-state index contributed by atoms with van der Waals surface area (Å²) in [5.74, 6) is 0. The Morgan fingerprint density at radius 2 is 2.29 bits per heavy atom. The van der Waals surface area contributed by atoms with E-state index in [2.05, 4.69) is 20.9 Å². The molecule has 4 nitrogen and oxygen atoms in total. The number of amides is 1. The van der Waals surface area contributed by atoms with Crippen LogP contribution in [0.25, 0.3) is 0 Å². The van der Waals surface area contributed by atoms with Crippen LogP contribution < -0.4 is 0 Å². The van der Waals surface area contributed by atoms with E-state index in [0.717, 1.165) is 10.9 Å². The summed E-state index contributed by atoms with van der Waals surface area (Å²) >= 11 is 3.27. The molecule has 0 atom stereocenters. The number of likely N-dealkylation sites (tertiary alicyclic amines) is 1. The van der Waals surface area contributed by atoms with Crippen LogP contribution in [0.3, 0.4) is 0 Å². The molecule has 1 fully saturated rings. The summed E-state index contributed by atoms with van der Waals surface area (Å²) in [6, 6.07) is 3.58. The smallest absolute Gasteiger partial charge is 0.209 e. The van der Waals surface area contributed by atoms with Crippen LogP contribution in [0.1, 0.15) is 5.69 Å². The Morgan fingerprint density at radius 1 is 1.57 bits per heavy atom. The van der Waals surface area contributed by atoms with Crippen LogP contribution >= 0.6 is 15.9 Å². The van der Waals surface area contributed by atoms with Crippen molar-refractivity contribution in [3.63, 3.8) is 0 Å². The first-order valence-corrected chi connectivity index (χ1v) is 4.97. The zero-order valence-corrected chi connectivity index (χ0v) is 8.94. The van der Waals surface area contributed by atoms with E-state index in [1.807, 2.05) is 6.07 Å². The molecule has 1 amide bonds. The normalized spacial score (nSPS) is 18.9. The molecule has 0 unspecified atom stereocenters. The van der Waals surface area contributed by atoms with Gasteiger partial charge in [0.05, 0.1) is 18.8 Å². The van der Waals surface area contributed by atoms with Gasteiger partial charge in [0.15, 0.2) is 0 Å². The van der Waals surface area contributed by atoms with Crippen LogP contribution in [0.5, 0.6) is 0 Å². The van der Waals surface area contributed by atoms with Crippen molar-refractivity contribution in [2.45, 2.75) is 5.60 Å². The highest BCUT2D eigenvalue weighted by Crippen LogP contribution is 2.29. The fourth-order valence-electron chi connectivity index (χ4n) is 1.51. The van der Waals surface area contributed by atoms with E-state index in [1.165, 1.54) is 4.90 Å². The van der Waals surface area contributed by atoms with E-state index in [1.54, 1.807) is 12.3 Å². The molecule has 1 aromatic rings. The summed E-state index contributed by atoms with van der Waals surface area (Å²) in [7, 11) is 0. The highest BCUT2D eigenvalue weighted by atomic mass is 79.9. The van der Waals surface area contributed by atoms with Crippen LogP contribution in [-0.2, 0) is 10.4 Å². The topological polar surface area (TPSA) is 53.4 Å². The predicted octanol–water partition coefficient (Wildman–Crippen LogP) is 0.504. The number of pyridine rings is 1. The lowest BCUT2D eigenvalue weighted by Crippen LogP contribution is -2.58. The molecule has 0 aromatic carbocycles. The summed E-state index contributed by atoms with van der Waals surface area (Å²) in [4.78, 5) is 16.0. The zero-order valence-electron chi connectivity index (χ0n) is 7.35. The monoisotopic (exact) mass is 256 g/mol. The molecule has 1 aliphatic rings. The Balaban J connectivity index is 2.16. The molecule has 1 aromatic heterocycles. The number of hydrogen-bond donors (Lipinski definition) is 1. The Kier molecular flexibility index (Phi) is 2.28. The largest absolute Gasteiger partial charge is 0.380 e. The van der Waals surface area contributed by atoms with Gasteiger partial charge in [-0.05, 0) is 28.1 Å². The van der Waals surface area contributed by atoms with Gasteiger partial charge in [-0.3, -0.25) is 9.78 Å². The second-order valence-electron chi connectivity index (χ2n) is 3.40. The fraction of sp³-hybridized carbons (Fsp3) is 0.333. The molecule has 0 saturated carbocycles. The molecular weight excluding hydrogens is 248 g/mol. The third-order valence-corrected chi connectivity index (χ3v) is 2.75. The first-order valence-electron chi connectivity index (χ1n) is 4.18. The quantitative estimate of drug-likeness (QED) is 0.785. The lowest BCUT2D eigenvalue weighted by molar-refractivity contribution is -0.144. The van der Waals surface area contributed by atoms with Crippen molar-refractivity contribution in [1.82, 2.24) is 9.88 Å². The van der Waals surface area contributed by atoms with Crippen molar-refractivity contribution in [3.05, 3.63) is 28.5 Å². The number of β-amino-alcohol motifs (C(OH)–C–C–N with tert-alkyl or cyclic N) is 1. The minimum Gasteiger partial charge on any atom is -0.380 e. The van der Waals surface area contributed by atoms with Gasteiger partial charge < -0.3 is 10.0 Å². The molecule has 1 aliphatic heterocycles. The number of halogens is 1. The van der Waals surface area contributed by atoms with Gasteiger partial charge >= 0.3 is 0 Å². The van der Waals surface area contributed by atoms with E-state index >= 15 is 0 Å². The van der Waals surface area contributed by atoms with Crippen molar-refractivity contribution in [1.29, 1.82) is 0 Å². The number of carbonyl (C=O) groups is 1. The second kappa shape index (κ2) is 3.33. The maximum atomic E-state index is 10.3. The van der Waals surface area contributed by atoms with Gasteiger partial charge in [-0.1, -0.05) is 0 Å². The molecule has 0 spiro atoms. The van der Waals surface area contributed by atoms with Crippen LogP contribution in [0.15, 0.2) is 22.8 Å². The van der Waals surface area contributed by atoms with Gasteiger partial charge in [0.1, 0.15) is 5.60 Å². The summed E-state index contributed by atoms with van der Waals surface area (Å²) in [6.07, 6.45) is 2.37. The predicted molar refractivity (Wildman–Crippen MR) is 53.5 cm³/mol. The summed E-state index contributed by atoms with van der Waals surface area (Å²) in [5, 5.41) is 10.00. The third-order valence-electron chi connectivity index (χ3n) is 2.28.